The number of hydrogen-bond donors (Lipinski definition) is 0. The minimum atomic E-state index is -0.801. The van der Waals surface area contributed by atoms with Crippen LogP contribution in [-0.4, -0.2) is 37.2 Å². The van der Waals surface area contributed by atoms with Crippen LogP contribution in [0, 0.1) is 0 Å². The summed E-state index contributed by atoms with van der Waals surface area (Å²) in [5.74, 6) is -0.956. The summed E-state index contributed by atoms with van der Waals surface area (Å²) in [5, 5.41) is 0. The molecule has 358 valence electrons. The van der Waals surface area contributed by atoms with Gasteiger partial charge in [0.1, 0.15) is 13.2 Å². The zero-order chi connectivity index (χ0) is 45.1. The van der Waals surface area contributed by atoms with Crippen molar-refractivity contribution in [3.8, 4) is 0 Å². The van der Waals surface area contributed by atoms with Crippen LogP contribution in [0.1, 0.15) is 258 Å². The third-order valence-corrected chi connectivity index (χ3v) is 11.3. The van der Waals surface area contributed by atoms with Gasteiger partial charge in [-0.1, -0.05) is 204 Å². The fourth-order valence-corrected chi connectivity index (χ4v) is 7.24. The molecular formula is C56H98O6. The van der Waals surface area contributed by atoms with E-state index in [9.17, 15) is 14.4 Å². The zero-order valence-electron chi connectivity index (χ0n) is 40.9. The van der Waals surface area contributed by atoms with Gasteiger partial charge in [0, 0.05) is 19.3 Å². The van der Waals surface area contributed by atoms with E-state index in [1.165, 1.54) is 128 Å². The van der Waals surface area contributed by atoms with Crippen LogP contribution in [-0.2, 0) is 28.6 Å². The van der Waals surface area contributed by atoms with E-state index >= 15 is 0 Å². The quantitative estimate of drug-likeness (QED) is 0.0199. The minimum Gasteiger partial charge on any atom is -0.462 e. The van der Waals surface area contributed by atoms with Crippen molar-refractivity contribution < 1.29 is 28.6 Å². The van der Waals surface area contributed by atoms with E-state index < -0.39 is 6.10 Å². The second-order valence-corrected chi connectivity index (χ2v) is 17.5. The van der Waals surface area contributed by atoms with Gasteiger partial charge in [0.2, 0.25) is 0 Å². The Balaban J connectivity index is 4.47. The van der Waals surface area contributed by atoms with Gasteiger partial charge in [-0.15, -0.1) is 0 Å². The first-order chi connectivity index (χ1) is 30.5. The summed E-state index contributed by atoms with van der Waals surface area (Å²) in [5.41, 5.74) is 0. The van der Waals surface area contributed by atoms with Crippen molar-refractivity contribution >= 4 is 17.9 Å². The van der Waals surface area contributed by atoms with Gasteiger partial charge < -0.3 is 14.2 Å². The number of carbonyl (C=O) groups is 3. The largest absolute Gasteiger partial charge is 0.462 e. The highest BCUT2D eigenvalue weighted by molar-refractivity contribution is 5.71. The van der Waals surface area contributed by atoms with Crippen molar-refractivity contribution in [3.05, 3.63) is 60.8 Å². The van der Waals surface area contributed by atoms with Crippen molar-refractivity contribution in [2.45, 2.75) is 264 Å². The maximum Gasteiger partial charge on any atom is 0.306 e. The number of unbranched alkanes of at least 4 members (excludes halogenated alkanes) is 28. The summed E-state index contributed by atoms with van der Waals surface area (Å²) < 4.78 is 16.7. The lowest BCUT2D eigenvalue weighted by molar-refractivity contribution is -0.167. The summed E-state index contributed by atoms with van der Waals surface area (Å²) in [6, 6.07) is 0. The van der Waals surface area contributed by atoms with Gasteiger partial charge >= 0.3 is 17.9 Å². The lowest BCUT2D eigenvalue weighted by atomic mass is 10.1. The van der Waals surface area contributed by atoms with Crippen LogP contribution in [0.4, 0.5) is 0 Å². The van der Waals surface area contributed by atoms with Gasteiger partial charge in [-0.05, 0) is 96.3 Å². The molecule has 0 rings (SSSR count). The molecule has 0 amide bonds. The molecule has 6 heteroatoms. The Kier molecular flexibility index (Phi) is 48.4. The molecule has 62 heavy (non-hydrogen) atoms. The lowest BCUT2D eigenvalue weighted by Crippen LogP contribution is -2.30. The monoisotopic (exact) mass is 867 g/mol. The molecule has 0 aromatic rings. The van der Waals surface area contributed by atoms with Gasteiger partial charge in [-0.25, -0.2) is 0 Å². The first kappa shape index (κ1) is 59.1. The normalized spacial score (nSPS) is 12.5. The molecule has 0 saturated carbocycles. The molecular weight excluding hydrogens is 769 g/mol. The maximum absolute atomic E-state index is 12.8. The standard InChI is InChI=1S/C56H98O6/c1-4-7-10-13-16-19-22-25-27-29-31-34-37-40-43-46-49-55(58)61-52-53(51-60-54(57)48-45-42-39-36-33-24-21-18-15-12-9-6-3)62-56(59)50-47-44-41-38-35-32-30-28-26-23-20-17-14-11-8-5-2/h18,21,27-32,34-35,53H,4-17,19-20,22-26,33,36-52H2,1-3H3/b21-18-,29-27-,30-28-,34-31-,35-32-. The highest BCUT2D eigenvalue weighted by atomic mass is 16.6. The van der Waals surface area contributed by atoms with Crippen molar-refractivity contribution in [3.63, 3.8) is 0 Å². The third-order valence-electron chi connectivity index (χ3n) is 11.3. The fourth-order valence-electron chi connectivity index (χ4n) is 7.24. The summed E-state index contributed by atoms with van der Waals surface area (Å²) in [4.78, 5) is 37.9. The first-order valence-electron chi connectivity index (χ1n) is 26.3. The van der Waals surface area contributed by atoms with Crippen LogP contribution >= 0.6 is 0 Å². The number of hydrogen-bond acceptors (Lipinski definition) is 6. The first-order valence-corrected chi connectivity index (χ1v) is 26.3. The molecule has 1 atom stereocenters. The predicted molar refractivity (Wildman–Crippen MR) is 265 cm³/mol. The van der Waals surface area contributed by atoms with Gasteiger partial charge in [-0.3, -0.25) is 14.4 Å². The van der Waals surface area contributed by atoms with E-state index in [0.717, 1.165) is 89.9 Å². The topological polar surface area (TPSA) is 78.9 Å². The highest BCUT2D eigenvalue weighted by Gasteiger charge is 2.19. The van der Waals surface area contributed by atoms with Crippen LogP contribution in [0.15, 0.2) is 60.8 Å². The molecule has 0 bridgehead atoms. The molecule has 0 aliphatic heterocycles. The molecule has 6 nitrogen and oxygen atoms in total. The van der Waals surface area contributed by atoms with Crippen molar-refractivity contribution in [1.29, 1.82) is 0 Å². The maximum atomic E-state index is 12.8. The van der Waals surface area contributed by atoms with Gasteiger partial charge in [0.15, 0.2) is 6.10 Å². The average Bonchev–Trinajstić information content (AvgIpc) is 3.27. The Morgan fingerprint density at radius 3 is 0.952 bits per heavy atom. The van der Waals surface area contributed by atoms with Crippen molar-refractivity contribution in [2.75, 3.05) is 13.2 Å². The number of rotatable bonds is 47. The van der Waals surface area contributed by atoms with E-state index in [4.69, 9.17) is 14.2 Å². The van der Waals surface area contributed by atoms with Gasteiger partial charge in [0.05, 0.1) is 0 Å². The van der Waals surface area contributed by atoms with Crippen LogP contribution < -0.4 is 0 Å². The summed E-state index contributed by atoms with van der Waals surface area (Å²) in [6.07, 6.45) is 62.0. The van der Waals surface area contributed by atoms with E-state index in [2.05, 4.69) is 81.5 Å². The molecule has 0 heterocycles. The molecule has 0 N–H and O–H groups in total. The Bertz CT molecular complexity index is 1130. The van der Waals surface area contributed by atoms with Gasteiger partial charge in [0.25, 0.3) is 0 Å². The summed E-state index contributed by atoms with van der Waals surface area (Å²) in [6.45, 7) is 6.56. The molecule has 0 aliphatic carbocycles. The zero-order valence-corrected chi connectivity index (χ0v) is 40.9. The Morgan fingerprint density at radius 1 is 0.323 bits per heavy atom. The van der Waals surface area contributed by atoms with E-state index in [1.807, 2.05) is 0 Å². The van der Waals surface area contributed by atoms with Crippen molar-refractivity contribution in [1.82, 2.24) is 0 Å². The second-order valence-electron chi connectivity index (χ2n) is 17.5. The summed E-state index contributed by atoms with van der Waals surface area (Å²) in [7, 11) is 0. The van der Waals surface area contributed by atoms with Crippen LogP contribution in [0.3, 0.4) is 0 Å². The van der Waals surface area contributed by atoms with E-state index in [-0.39, 0.29) is 31.1 Å². The smallest absolute Gasteiger partial charge is 0.306 e. The molecule has 0 aromatic heterocycles. The van der Waals surface area contributed by atoms with Gasteiger partial charge in [-0.2, -0.15) is 0 Å². The average molecular weight is 867 g/mol. The summed E-state index contributed by atoms with van der Waals surface area (Å²) >= 11 is 0. The van der Waals surface area contributed by atoms with E-state index in [0.29, 0.717) is 19.3 Å². The molecule has 0 fully saturated rings. The Hall–Kier alpha value is -2.89. The Labute approximate surface area is 383 Å². The Morgan fingerprint density at radius 2 is 0.581 bits per heavy atom. The second kappa shape index (κ2) is 50.8. The molecule has 0 spiro atoms. The SMILES string of the molecule is CCCCC/C=C\CCCCCCCC(=O)OCC(COC(=O)CCCCC/C=C\C=C/CCCCCCCCC)OC(=O)CCCCC/C=C\C=C/CCCCCCCCC. The minimum absolute atomic E-state index is 0.0977. The molecule has 1 unspecified atom stereocenters. The number of allylic oxidation sites excluding steroid dienone is 10. The number of carbonyl (C=O) groups excluding carboxylic acids is 3. The fraction of sp³-hybridized carbons (Fsp3) is 0.768. The molecule has 0 aromatic carbocycles. The van der Waals surface area contributed by atoms with E-state index in [1.54, 1.807) is 0 Å². The number of ether oxygens (including phenoxy) is 3. The highest BCUT2D eigenvalue weighted by Crippen LogP contribution is 2.13. The lowest BCUT2D eigenvalue weighted by Gasteiger charge is -2.18. The molecule has 0 radical (unpaired) electrons. The number of esters is 3. The third kappa shape index (κ3) is 48.1. The van der Waals surface area contributed by atoms with Crippen LogP contribution in [0.2, 0.25) is 0 Å². The van der Waals surface area contributed by atoms with Crippen LogP contribution in [0.25, 0.3) is 0 Å². The molecule has 0 saturated heterocycles. The van der Waals surface area contributed by atoms with Crippen molar-refractivity contribution in [2.24, 2.45) is 0 Å². The molecule has 0 aliphatic rings. The van der Waals surface area contributed by atoms with Crippen LogP contribution in [0.5, 0.6) is 0 Å². The predicted octanol–water partition coefficient (Wildman–Crippen LogP) is 17.3.